The molecule has 0 radical (unpaired) electrons. The van der Waals surface area contributed by atoms with Crippen molar-refractivity contribution in [3.8, 4) is 0 Å². The Morgan fingerprint density at radius 3 is 2.27 bits per heavy atom. The average Bonchev–Trinajstić information content (AvgIpc) is 2.72. The van der Waals surface area contributed by atoms with E-state index < -0.39 is 28.5 Å². The molecular weight excluding hydrogens is 509 g/mol. The second-order valence-electron chi connectivity index (χ2n) is 7.54. The maximum absolute atomic E-state index is 13.4. The molecule has 2 aromatic carbocycles. The number of hydrogen-bond donors (Lipinski definition) is 1. The molecule has 0 spiro atoms. The van der Waals surface area contributed by atoms with E-state index in [1.54, 1.807) is 57.2 Å². The first-order valence-electron chi connectivity index (χ1n) is 10.1. The fourth-order valence-electron chi connectivity index (χ4n) is 3.23. The minimum atomic E-state index is -3.82. The third kappa shape index (κ3) is 7.24. The summed E-state index contributed by atoms with van der Waals surface area (Å²) >= 11 is 18.1. The van der Waals surface area contributed by atoms with E-state index in [9.17, 15) is 18.0 Å². The van der Waals surface area contributed by atoms with E-state index in [-0.39, 0.29) is 12.5 Å². The predicted molar refractivity (Wildman–Crippen MR) is 134 cm³/mol. The van der Waals surface area contributed by atoms with Gasteiger partial charge in [0.25, 0.3) is 0 Å². The van der Waals surface area contributed by atoms with Crippen LogP contribution >= 0.6 is 34.8 Å². The van der Waals surface area contributed by atoms with Crippen LogP contribution in [-0.4, -0.2) is 50.5 Å². The summed E-state index contributed by atoms with van der Waals surface area (Å²) in [5, 5.41) is 3.80. The molecule has 7 nitrogen and oxygen atoms in total. The highest BCUT2D eigenvalue weighted by atomic mass is 35.5. The molecule has 180 valence electrons. The van der Waals surface area contributed by atoms with E-state index in [0.717, 1.165) is 10.6 Å². The Bertz CT molecular complexity index is 1140. The van der Waals surface area contributed by atoms with E-state index in [4.69, 9.17) is 34.8 Å². The number of sulfonamides is 1. The minimum Gasteiger partial charge on any atom is -0.355 e. The number of nitrogens with zero attached hydrogens (tertiary/aromatic N) is 2. The first kappa shape index (κ1) is 27.2. The van der Waals surface area contributed by atoms with Gasteiger partial charge < -0.3 is 10.2 Å². The van der Waals surface area contributed by atoms with Gasteiger partial charge in [-0.1, -0.05) is 40.9 Å². The van der Waals surface area contributed by atoms with Gasteiger partial charge in [-0.2, -0.15) is 0 Å². The second kappa shape index (κ2) is 11.4. The van der Waals surface area contributed by atoms with E-state index in [1.165, 1.54) is 4.90 Å². The van der Waals surface area contributed by atoms with Gasteiger partial charge in [0.15, 0.2) is 0 Å². The SMILES string of the molecule is CCNC(=O)C(C)N(Cc1ccc(Cl)c(Cl)c1)C(=O)CN(c1ccc(Cl)cc1C)S(C)(=O)=O. The fraction of sp³-hybridized carbons (Fsp3) is 0.364. The van der Waals surface area contributed by atoms with Gasteiger partial charge in [0.1, 0.15) is 12.6 Å². The number of hydrogen-bond acceptors (Lipinski definition) is 4. The molecule has 0 saturated heterocycles. The third-order valence-electron chi connectivity index (χ3n) is 4.96. The molecule has 2 aromatic rings. The molecule has 0 aliphatic heterocycles. The van der Waals surface area contributed by atoms with Crippen molar-refractivity contribution >= 4 is 62.3 Å². The minimum absolute atomic E-state index is 0.0330. The highest BCUT2D eigenvalue weighted by Gasteiger charge is 2.30. The monoisotopic (exact) mass is 533 g/mol. The van der Waals surface area contributed by atoms with E-state index >= 15 is 0 Å². The molecule has 2 rings (SSSR count). The van der Waals surface area contributed by atoms with Crippen molar-refractivity contribution in [2.75, 3.05) is 23.7 Å². The van der Waals surface area contributed by atoms with Crippen LogP contribution < -0.4 is 9.62 Å². The van der Waals surface area contributed by atoms with Crippen LogP contribution in [0.1, 0.15) is 25.0 Å². The third-order valence-corrected chi connectivity index (χ3v) is 7.06. The zero-order chi connectivity index (χ0) is 24.9. The number of carbonyl (C=O) groups is 2. The zero-order valence-corrected chi connectivity index (χ0v) is 21.8. The number of likely N-dealkylation sites (N-methyl/N-ethyl adjacent to an activating group) is 1. The topological polar surface area (TPSA) is 86.8 Å². The smallest absolute Gasteiger partial charge is 0.244 e. The summed E-state index contributed by atoms with van der Waals surface area (Å²) in [6, 6.07) is 8.74. The van der Waals surface area contributed by atoms with Crippen LogP contribution in [-0.2, 0) is 26.2 Å². The Morgan fingerprint density at radius 1 is 1.06 bits per heavy atom. The lowest BCUT2D eigenvalue weighted by atomic mass is 10.1. The van der Waals surface area contributed by atoms with Gasteiger partial charge >= 0.3 is 0 Å². The molecule has 0 fully saturated rings. The lowest BCUT2D eigenvalue weighted by molar-refractivity contribution is -0.139. The molecule has 1 atom stereocenters. The van der Waals surface area contributed by atoms with Crippen molar-refractivity contribution in [2.45, 2.75) is 33.4 Å². The van der Waals surface area contributed by atoms with Gasteiger partial charge in [-0.05, 0) is 62.2 Å². The van der Waals surface area contributed by atoms with Crippen molar-refractivity contribution in [3.63, 3.8) is 0 Å². The number of nitrogens with one attached hydrogen (secondary N) is 1. The molecule has 0 heterocycles. The van der Waals surface area contributed by atoms with Crippen molar-refractivity contribution < 1.29 is 18.0 Å². The summed E-state index contributed by atoms with van der Waals surface area (Å²) < 4.78 is 26.2. The Morgan fingerprint density at radius 2 is 1.73 bits per heavy atom. The zero-order valence-electron chi connectivity index (χ0n) is 18.7. The van der Waals surface area contributed by atoms with Gasteiger partial charge in [0.05, 0.1) is 22.0 Å². The normalized spacial score (nSPS) is 12.2. The van der Waals surface area contributed by atoms with E-state index in [2.05, 4.69) is 5.32 Å². The summed E-state index contributed by atoms with van der Waals surface area (Å²) in [4.78, 5) is 27.3. The lowest BCUT2D eigenvalue weighted by Crippen LogP contribution is -2.51. The highest BCUT2D eigenvalue weighted by Crippen LogP contribution is 2.27. The van der Waals surface area contributed by atoms with E-state index in [0.29, 0.717) is 38.4 Å². The quantitative estimate of drug-likeness (QED) is 0.520. The summed E-state index contributed by atoms with van der Waals surface area (Å²) in [6.07, 6.45) is 1.02. The summed E-state index contributed by atoms with van der Waals surface area (Å²) in [5.74, 6) is -0.918. The molecular formula is C22H26Cl3N3O4S. The number of halogens is 3. The number of aryl methyl sites for hydroxylation is 1. The molecule has 1 N–H and O–H groups in total. The molecule has 11 heteroatoms. The maximum atomic E-state index is 13.4. The average molecular weight is 535 g/mol. The summed E-state index contributed by atoms with van der Waals surface area (Å²) in [5.41, 5.74) is 1.56. The van der Waals surface area contributed by atoms with Crippen LogP contribution in [0, 0.1) is 6.92 Å². The second-order valence-corrected chi connectivity index (χ2v) is 10.7. The van der Waals surface area contributed by atoms with Gasteiger partial charge in [-0.25, -0.2) is 8.42 Å². The molecule has 0 bridgehead atoms. The van der Waals surface area contributed by atoms with Gasteiger partial charge in [-0.15, -0.1) is 0 Å². The molecule has 0 aromatic heterocycles. The standard InChI is InChI=1S/C22H26Cl3N3O4S/c1-5-26-22(30)15(3)27(12-16-6-8-18(24)19(25)11-16)21(29)13-28(33(4,31)32)20-9-7-17(23)10-14(20)2/h6-11,15H,5,12-13H2,1-4H3,(H,26,30). The predicted octanol–water partition coefficient (Wildman–Crippen LogP) is 4.27. The Labute approximate surface area is 209 Å². The number of rotatable bonds is 9. The molecule has 0 aliphatic rings. The van der Waals surface area contributed by atoms with Crippen molar-refractivity contribution in [1.82, 2.24) is 10.2 Å². The molecule has 1 unspecified atom stereocenters. The molecule has 33 heavy (non-hydrogen) atoms. The number of carbonyl (C=O) groups excluding carboxylic acids is 2. The Balaban J connectivity index is 2.43. The summed E-state index contributed by atoms with van der Waals surface area (Å²) in [6.45, 7) is 4.98. The number of anilines is 1. The molecule has 2 amide bonds. The van der Waals surface area contributed by atoms with Crippen LogP contribution in [0.2, 0.25) is 15.1 Å². The largest absolute Gasteiger partial charge is 0.355 e. The van der Waals surface area contributed by atoms with Crippen LogP contribution in [0.15, 0.2) is 36.4 Å². The van der Waals surface area contributed by atoms with Gasteiger partial charge in [-0.3, -0.25) is 13.9 Å². The fourth-order valence-corrected chi connectivity index (χ4v) is 4.69. The maximum Gasteiger partial charge on any atom is 0.244 e. The van der Waals surface area contributed by atoms with Crippen LogP contribution in [0.25, 0.3) is 0 Å². The molecule has 0 saturated carbocycles. The van der Waals surface area contributed by atoms with Crippen LogP contribution in [0.4, 0.5) is 5.69 Å². The van der Waals surface area contributed by atoms with Crippen LogP contribution in [0.5, 0.6) is 0 Å². The molecule has 0 aliphatic carbocycles. The van der Waals surface area contributed by atoms with Crippen molar-refractivity contribution in [2.24, 2.45) is 0 Å². The number of amides is 2. The van der Waals surface area contributed by atoms with Crippen LogP contribution in [0.3, 0.4) is 0 Å². The van der Waals surface area contributed by atoms with E-state index in [1.807, 2.05) is 0 Å². The van der Waals surface area contributed by atoms with Crippen molar-refractivity contribution in [1.29, 1.82) is 0 Å². The Kier molecular flexibility index (Phi) is 9.43. The number of benzene rings is 2. The highest BCUT2D eigenvalue weighted by molar-refractivity contribution is 7.92. The Hall–Kier alpha value is -2.00. The van der Waals surface area contributed by atoms with Crippen molar-refractivity contribution in [3.05, 3.63) is 62.6 Å². The lowest BCUT2D eigenvalue weighted by Gasteiger charge is -2.32. The van der Waals surface area contributed by atoms with Gasteiger partial charge in [0.2, 0.25) is 21.8 Å². The summed E-state index contributed by atoms with van der Waals surface area (Å²) in [7, 11) is -3.82. The first-order valence-corrected chi connectivity index (χ1v) is 13.1. The first-order chi connectivity index (χ1) is 15.3. The van der Waals surface area contributed by atoms with Gasteiger partial charge in [0, 0.05) is 18.1 Å².